The lowest BCUT2D eigenvalue weighted by atomic mass is 9.94. The average molecular weight is 378 g/mol. The van der Waals surface area contributed by atoms with Crippen LogP contribution in [0.3, 0.4) is 0 Å². The summed E-state index contributed by atoms with van der Waals surface area (Å²) in [4.78, 5) is 31.1. The quantitative estimate of drug-likeness (QED) is 0.810. The number of halogens is 1. The van der Waals surface area contributed by atoms with Gasteiger partial charge in [0.15, 0.2) is 0 Å². The second-order valence-corrected chi connectivity index (χ2v) is 7.81. The number of hydrogen-bond donors (Lipinski definition) is 0. The van der Waals surface area contributed by atoms with Crippen LogP contribution in [0, 0.1) is 0 Å². The molecule has 1 saturated carbocycles. The molecule has 3 rings (SSSR count). The fourth-order valence-electron chi connectivity index (χ4n) is 3.89. The van der Waals surface area contributed by atoms with E-state index >= 15 is 0 Å². The lowest BCUT2D eigenvalue weighted by Gasteiger charge is -2.37. The van der Waals surface area contributed by atoms with Gasteiger partial charge in [0.05, 0.1) is 6.54 Å². The van der Waals surface area contributed by atoms with Crippen LogP contribution in [0.15, 0.2) is 24.3 Å². The molecular formula is C20H28ClN3O2. The zero-order valence-corrected chi connectivity index (χ0v) is 16.2. The molecule has 0 atom stereocenters. The highest BCUT2D eigenvalue weighted by atomic mass is 35.5. The van der Waals surface area contributed by atoms with E-state index in [1.54, 1.807) is 24.3 Å². The molecule has 6 heteroatoms. The Hall–Kier alpha value is -1.59. The number of piperazine rings is 1. The molecular weight excluding hydrogens is 350 g/mol. The van der Waals surface area contributed by atoms with Crippen LogP contribution in [0.2, 0.25) is 5.02 Å². The highest BCUT2D eigenvalue weighted by Crippen LogP contribution is 2.22. The van der Waals surface area contributed by atoms with Crippen LogP contribution < -0.4 is 0 Å². The van der Waals surface area contributed by atoms with Crippen LogP contribution >= 0.6 is 11.6 Å². The Morgan fingerprint density at radius 1 is 1.12 bits per heavy atom. The predicted molar refractivity (Wildman–Crippen MR) is 103 cm³/mol. The van der Waals surface area contributed by atoms with Gasteiger partial charge in [0.2, 0.25) is 5.91 Å². The van der Waals surface area contributed by atoms with Gasteiger partial charge in [-0.2, -0.15) is 0 Å². The zero-order chi connectivity index (χ0) is 18.5. The first-order chi connectivity index (χ1) is 12.5. The minimum atomic E-state index is 0.0119. The number of benzene rings is 1. The maximum Gasteiger partial charge on any atom is 0.253 e. The molecule has 0 radical (unpaired) electrons. The van der Waals surface area contributed by atoms with Crippen molar-refractivity contribution in [2.24, 2.45) is 0 Å². The van der Waals surface area contributed by atoms with Crippen LogP contribution in [0.25, 0.3) is 0 Å². The number of carbonyl (C=O) groups is 2. The normalized spacial score (nSPS) is 19.4. The molecule has 2 aliphatic rings. The molecule has 0 spiro atoms. The summed E-state index contributed by atoms with van der Waals surface area (Å²) in [7, 11) is 1.94. The first kappa shape index (κ1) is 19.2. The maximum absolute atomic E-state index is 12.6. The van der Waals surface area contributed by atoms with E-state index in [-0.39, 0.29) is 11.8 Å². The minimum Gasteiger partial charge on any atom is -0.342 e. The summed E-state index contributed by atoms with van der Waals surface area (Å²) in [5.41, 5.74) is 0.624. The Morgan fingerprint density at radius 3 is 2.46 bits per heavy atom. The van der Waals surface area contributed by atoms with Crippen LogP contribution in [0.4, 0.5) is 0 Å². The van der Waals surface area contributed by atoms with Crippen LogP contribution in [0.5, 0.6) is 0 Å². The van der Waals surface area contributed by atoms with Gasteiger partial charge in [0, 0.05) is 49.9 Å². The highest BCUT2D eigenvalue weighted by molar-refractivity contribution is 6.30. The van der Waals surface area contributed by atoms with Gasteiger partial charge in [0.25, 0.3) is 5.91 Å². The predicted octanol–water partition coefficient (Wildman–Crippen LogP) is 2.89. The van der Waals surface area contributed by atoms with Crippen LogP contribution in [-0.4, -0.2) is 72.3 Å². The molecule has 1 saturated heterocycles. The van der Waals surface area contributed by atoms with Gasteiger partial charge in [-0.1, -0.05) is 36.9 Å². The van der Waals surface area contributed by atoms with Crippen molar-refractivity contribution in [2.75, 3.05) is 39.8 Å². The van der Waals surface area contributed by atoms with E-state index in [9.17, 15) is 9.59 Å². The van der Waals surface area contributed by atoms with Crippen molar-refractivity contribution in [1.82, 2.24) is 14.7 Å². The van der Waals surface area contributed by atoms with Crippen molar-refractivity contribution in [1.29, 1.82) is 0 Å². The molecule has 0 unspecified atom stereocenters. The third-order valence-electron chi connectivity index (χ3n) is 5.61. The monoisotopic (exact) mass is 377 g/mol. The summed E-state index contributed by atoms with van der Waals surface area (Å²) >= 11 is 5.98. The van der Waals surface area contributed by atoms with Gasteiger partial charge < -0.3 is 9.80 Å². The number of likely N-dealkylation sites (N-methyl/N-ethyl adjacent to an activating group) is 1. The summed E-state index contributed by atoms with van der Waals surface area (Å²) in [5.74, 6) is 0.212. The van der Waals surface area contributed by atoms with E-state index in [1.807, 2.05) is 16.8 Å². The molecule has 0 N–H and O–H groups in total. The fourth-order valence-corrected chi connectivity index (χ4v) is 4.08. The average Bonchev–Trinajstić information content (AvgIpc) is 2.68. The van der Waals surface area contributed by atoms with Gasteiger partial charge >= 0.3 is 0 Å². The Kier molecular flexibility index (Phi) is 6.54. The van der Waals surface area contributed by atoms with Crippen molar-refractivity contribution < 1.29 is 9.59 Å². The maximum atomic E-state index is 12.6. The lowest BCUT2D eigenvalue weighted by Crippen LogP contribution is -2.52. The third-order valence-corrected chi connectivity index (χ3v) is 5.84. The fraction of sp³-hybridized carbons (Fsp3) is 0.600. The first-order valence-corrected chi connectivity index (χ1v) is 9.95. The summed E-state index contributed by atoms with van der Waals surface area (Å²) in [6.45, 7) is 3.21. The highest BCUT2D eigenvalue weighted by Gasteiger charge is 2.26. The third kappa shape index (κ3) is 4.77. The van der Waals surface area contributed by atoms with E-state index in [0.29, 0.717) is 36.3 Å². The van der Waals surface area contributed by atoms with E-state index in [2.05, 4.69) is 4.90 Å². The van der Waals surface area contributed by atoms with Crippen molar-refractivity contribution in [2.45, 2.75) is 38.1 Å². The van der Waals surface area contributed by atoms with E-state index in [4.69, 9.17) is 11.6 Å². The Labute approximate surface area is 160 Å². The number of hydrogen-bond acceptors (Lipinski definition) is 3. The second kappa shape index (κ2) is 8.87. The molecule has 0 aromatic heterocycles. The first-order valence-electron chi connectivity index (χ1n) is 9.57. The van der Waals surface area contributed by atoms with Gasteiger partial charge in [-0.15, -0.1) is 0 Å². The molecule has 0 bridgehead atoms. The van der Waals surface area contributed by atoms with Crippen molar-refractivity contribution >= 4 is 23.4 Å². The second-order valence-electron chi connectivity index (χ2n) is 7.38. The Morgan fingerprint density at radius 2 is 1.81 bits per heavy atom. The molecule has 1 heterocycles. The zero-order valence-electron chi connectivity index (χ0n) is 15.5. The van der Waals surface area contributed by atoms with E-state index < -0.39 is 0 Å². The number of carbonyl (C=O) groups excluding carboxylic acids is 2. The van der Waals surface area contributed by atoms with E-state index in [0.717, 1.165) is 25.9 Å². The molecule has 1 aromatic carbocycles. The summed E-state index contributed by atoms with van der Waals surface area (Å²) in [6, 6.07) is 7.47. The smallest absolute Gasteiger partial charge is 0.253 e. The molecule has 2 amide bonds. The summed E-state index contributed by atoms with van der Waals surface area (Å²) in [5, 5.41) is 0.575. The van der Waals surface area contributed by atoms with Crippen molar-refractivity contribution in [3.63, 3.8) is 0 Å². The van der Waals surface area contributed by atoms with Crippen LogP contribution in [0.1, 0.15) is 42.5 Å². The summed E-state index contributed by atoms with van der Waals surface area (Å²) < 4.78 is 0. The molecule has 1 aromatic rings. The lowest BCUT2D eigenvalue weighted by molar-refractivity contribution is -0.134. The molecule has 142 valence electrons. The minimum absolute atomic E-state index is 0.0119. The number of nitrogens with zero attached hydrogens (tertiary/aromatic N) is 3. The number of amides is 2. The molecule has 26 heavy (non-hydrogen) atoms. The van der Waals surface area contributed by atoms with Gasteiger partial charge in [-0.05, 0) is 31.0 Å². The number of rotatable bonds is 4. The van der Waals surface area contributed by atoms with Crippen molar-refractivity contribution in [3.8, 4) is 0 Å². The largest absolute Gasteiger partial charge is 0.342 e. The molecule has 5 nitrogen and oxygen atoms in total. The Bertz CT molecular complexity index is 638. The van der Waals surface area contributed by atoms with E-state index in [1.165, 1.54) is 19.3 Å². The topological polar surface area (TPSA) is 43.9 Å². The van der Waals surface area contributed by atoms with Crippen molar-refractivity contribution in [3.05, 3.63) is 34.9 Å². The standard InChI is InChI=1S/C20H28ClN3O2/c1-22(18-8-3-2-4-9-18)19(25)15-23-10-12-24(13-11-23)20(26)16-6-5-7-17(21)14-16/h5-7,14,18H,2-4,8-13,15H2,1H3. The molecule has 2 fully saturated rings. The SMILES string of the molecule is CN(C(=O)CN1CCN(C(=O)c2cccc(Cl)c2)CC1)C1CCCCC1. The Balaban J connectivity index is 1.47. The van der Waals surface area contributed by atoms with Gasteiger partial charge in [-0.25, -0.2) is 0 Å². The molecule has 1 aliphatic heterocycles. The molecule has 1 aliphatic carbocycles. The summed E-state index contributed by atoms with van der Waals surface area (Å²) in [6.07, 6.45) is 6.01. The van der Waals surface area contributed by atoms with Gasteiger partial charge in [-0.3, -0.25) is 14.5 Å². The van der Waals surface area contributed by atoms with Crippen LogP contribution in [-0.2, 0) is 4.79 Å². The van der Waals surface area contributed by atoms with Gasteiger partial charge in [0.1, 0.15) is 0 Å².